The molecule has 0 aliphatic rings. The van der Waals surface area contributed by atoms with E-state index in [9.17, 15) is 10.1 Å². The van der Waals surface area contributed by atoms with Crippen LogP contribution in [0.5, 0.6) is 0 Å². The van der Waals surface area contributed by atoms with E-state index in [1.807, 2.05) is 34.6 Å². The Hall–Kier alpha value is -1.59. The number of halogens is 1. The highest BCUT2D eigenvalue weighted by atomic mass is 79.9. The number of aromatic nitrogens is 2. The van der Waals surface area contributed by atoms with E-state index >= 15 is 0 Å². The van der Waals surface area contributed by atoms with Crippen molar-refractivity contribution in [2.24, 2.45) is 0 Å². The van der Waals surface area contributed by atoms with Crippen LogP contribution in [0.2, 0.25) is 0 Å². The third-order valence-electron chi connectivity index (χ3n) is 3.06. The summed E-state index contributed by atoms with van der Waals surface area (Å²) >= 11 is 3.43. The summed E-state index contributed by atoms with van der Waals surface area (Å²) in [5.41, 5.74) is -0.00367. The number of nitrogens with zero attached hydrogens (tertiary/aromatic N) is 3. The second-order valence-corrected chi connectivity index (χ2v) is 7.92. The Morgan fingerprint density at radius 2 is 2.00 bits per heavy atom. The molecule has 0 aromatic carbocycles. The Labute approximate surface area is 151 Å². The van der Waals surface area contributed by atoms with Crippen LogP contribution in [0.25, 0.3) is 0 Å². The van der Waals surface area contributed by atoms with Gasteiger partial charge in [-0.25, -0.2) is 4.79 Å². The number of carbonyl (C=O) groups excluding carboxylic acids is 1. The van der Waals surface area contributed by atoms with Gasteiger partial charge in [0.2, 0.25) is 0 Å². The molecule has 0 saturated heterocycles. The van der Waals surface area contributed by atoms with Gasteiger partial charge in [0, 0.05) is 19.1 Å². The summed E-state index contributed by atoms with van der Waals surface area (Å²) in [6, 6.07) is 2.06. The molecule has 1 N–H and O–H groups in total. The van der Waals surface area contributed by atoms with Crippen molar-refractivity contribution in [3.05, 3.63) is 15.9 Å². The number of ether oxygens (including phenoxy) is 2. The van der Waals surface area contributed by atoms with Crippen LogP contribution in [-0.4, -0.2) is 40.7 Å². The molecule has 0 bridgehead atoms. The smallest absolute Gasteiger partial charge is 0.408 e. The number of hydrogen-bond acceptors (Lipinski definition) is 5. The van der Waals surface area contributed by atoms with Gasteiger partial charge in [0.05, 0.1) is 23.3 Å². The second-order valence-electron chi connectivity index (χ2n) is 7.12. The van der Waals surface area contributed by atoms with E-state index in [0.29, 0.717) is 29.7 Å². The van der Waals surface area contributed by atoms with E-state index in [0.717, 1.165) is 5.69 Å². The van der Waals surface area contributed by atoms with Gasteiger partial charge in [-0.1, -0.05) is 0 Å². The van der Waals surface area contributed by atoms with Crippen LogP contribution in [-0.2, 0) is 22.4 Å². The topological polar surface area (TPSA) is 89.2 Å². The molecule has 0 aliphatic heterocycles. The number of methoxy groups -OCH3 is 1. The van der Waals surface area contributed by atoms with Crippen molar-refractivity contribution >= 4 is 22.0 Å². The fourth-order valence-corrected chi connectivity index (χ4v) is 2.63. The largest absolute Gasteiger partial charge is 0.444 e. The van der Waals surface area contributed by atoms with Crippen molar-refractivity contribution in [2.45, 2.75) is 58.7 Å². The summed E-state index contributed by atoms with van der Waals surface area (Å²) in [5.74, 6) is 0. The van der Waals surface area contributed by atoms with Gasteiger partial charge < -0.3 is 14.8 Å². The van der Waals surface area contributed by atoms with Crippen LogP contribution < -0.4 is 5.32 Å². The van der Waals surface area contributed by atoms with Crippen LogP contribution in [0.4, 0.5) is 4.79 Å². The predicted molar refractivity (Wildman–Crippen MR) is 93.7 cm³/mol. The van der Waals surface area contributed by atoms with Crippen LogP contribution in [0.15, 0.2) is 4.47 Å². The molecule has 1 rings (SSSR count). The third kappa shape index (κ3) is 6.13. The lowest BCUT2D eigenvalue weighted by atomic mass is 9.98. The van der Waals surface area contributed by atoms with Gasteiger partial charge in [-0.05, 0) is 50.5 Å². The number of nitrogens with one attached hydrogen (secondary N) is 1. The molecular weight excluding hydrogens is 376 g/mol. The van der Waals surface area contributed by atoms with Crippen molar-refractivity contribution in [3.8, 4) is 6.07 Å². The maximum absolute atomic E-state index is 12.0. The normalized spacial score (nSPS) is 11.9. The number of rotatable bonds is 6. The van der Waals surface area contributed by atoms with Crippen molar-refractivity contribution in [2.75, 3.05) is 13.7 Å². The van der Waals surface area contributed by atoms with Crippen LogP contribution in [0.3, 0.4) is 0 Å². The summed E-state index contributed by atoms with van der Waals surface area (Å²) in [7, 11) is 1.61. The standard InChI is InChI=1S/C16H25BrN4O3/c1-15(2,3)24-14(22)19-16(4,5)9-12-13(17)11(10-18)20-21(12)7-8-23-6/h7-9H2,1-6H3,(H,19,22). The minimum atomic E-state index is -0.581. The number of alkyl carbamates (subject to hydrolysis) is 1. The van der Waals surface area contributed by atoms with Gasteiger partial charge >= 0.3 is 6.09 Å². The highest BCUT2D eigenvalue weighted by Crippen LogP contribution is 2.25. The lowest BCUT2D eigenvalue weighted by molar-refractivity contribution is 0.0471. The minimum absolute atomic E-state index is 0.314. The molecule has 24 heavy (non-hydrogen) atoms. The maximum atomic E-state index is 12.0. The molecule has 0 atom stereocenters. The van der Waals surface area contributed by atoms with Crippen molar-refractivity contribution in [3.63, 3.8) is 0 Å². The number of carbonyl (C=O) groups is 1. The first kappa shape index (κ1) is 20.5. The van der Waals surface area contributed by atoms with E-state index in [1.54, 1.807) is 11.8 Å². The van der Waals surface area contributed by atoms with E-state index in [2.05, 4.69) is 32.4 Å². The van der Waals surface area contributed by atoms with Gasteiger partial charge in [-0.3, -0.25) is 4.68 Å². The SMILES string of the molecule is COCCn1nc(C#N)c(Br)c1CC(C)(C)NC(=O)OC(C)(C)C. The first-order valence-electron chi connectivity index (χ1n) is 7.64. The predicted octanol–water partition coefficient (Wildman–Crippen LogP) is 3.01. The molecule has 8 heteroatoms. The van der Waals surface area contributed by atoms with Gasteiger partial charge in [0.1, 0.15) is 11.7 Å². The molecule has 1 aromatic heterocycles. The fraction of sp³-hybridized carbons (Fsp3) is 0.688. The third-order valence-corrected chi connectivity index (χ3v) is 3.89. The van der Waals surface area contributed by atoms with Crippen LogP contribution in [0, 0.1) is 11.3 Å². The zero-order valence-corrected chi connectivity index (χ0v) is 16.7. The maximum Gasteiger partial charge on any atom is 0.408 e. The highest BCUT2D eigenvalue weighted by molar-refractivity contribution is 9.10. The molecule has 0 fully saturated rings. The monoisotopic (exact) mass is 400 g/mol. The first-order chi connectivity index (χ1) is 11.0. The molecule has 0 aliphatic carbocycles. The first-order valence-corrected chi connectivity index (χ1v) is 8.44. The van der Waals surface area contributed by atoms with Crippen molar-refractivity contribution in [1.82, 2.24) is 15.1 Å². The summed E-state index contributed by atoms with van der Waals surface area (Å²) in [4.78, 5) is 12.0. The number of hydrogen-bond donors (Lipinski definition) is 1. The average molecular weight is 401 g/mol. The summed E-state index contributed by atoms with van der Waals surface area (Å²) in [5, 5.41) is 16.3. The van der Waals surface area contributed by atoms with E-state index < -0.39 is 17.2 Å². The fourth-order valence-electron chi connectivity index (χ4n) is 2.12. The Bertz CT molecular complexity index is 626. The quantitative estimate of drug-likeness (QED) is 0.792. The highest BCUT2D eigenvalue weighted by Gasteiger charge is 2.28. The zero-order valence-electron chi connectivity index (χ0n) is 15.1. The second kappa shape index (κ2) is 7.99. The van der Waals surface area contributed by atoms with E-state index in [-0.39, 0.29) is 0 Å². The summed E-state index contributed by atoms with van der Waals surface area (Å²) in [6.07, 6.45) is -0.00215. The van der Waals surface area contributed by atoms with Gasteiger partial charge in [0.25, 0.3) is 0 Å². The summed E-state index contributed by atoms with van der Waals surface area (Å²) in [6.45, 7) is 10.2. The molecule has 1 amide bonds. The summed E-state index contributed by atoms with van der Waals surface area (Å²) < 4.78 is 12.8. The molecule has 7 nitrogen and oxygen atoms in total. The Kier molecular flexibility index (Phi) is 6.81. The van der Waals surface area contributed by atoms with Crippen molar-refractivity contribution in [1.29, 1.82) is 5.26 Å². The van der Waals surface area contributed by atoms with Gasteiger partial charge in [0.15, 0.2) is 5.69 Å². The Morgan fingerprint density at radius 1 is 1.38 bits per heavy atom. The molecule has 1 aromatic rings. The lowest BCUT2D eigenvalue weighted by Crippen LogP contribution is -2.47. The molecule has 0 unspecified atom stereocenters. The van der Waals surface area contributed by atoms with E-state index in [4.69, 9.17) is 9.47 Å². The van der Waals surface area contributed by atoms with Crippen LogP contribution >= 0.6 is 15.9 Å². The Balaban J connectivity index is 2.95. The molecule has 0 radical (unpaired) electrons. The zero-order chi connectivity index (χ0) is 18.5. The lowest BCUT2D eigenvalue weighted by Gasteiger charge is -2.29. The molecule has 0 saturated carbocycles. The molecular formula is C16H25BrN4O3. The van der Waals surface area contributed by atoms with E-state index in [1.165, 1.54) is 0 Å². The van der Waals surface area contributed by atoms with Gasteiger partial charge in [-0.15, -0.1) is 0 Å². The van der Waals surface area contributed by atoms with Crippen LogP contribution in [0.1, 0.15) is 46.0 Å². The number of nitriles is 1. The Morgan fingerprint density at radius 3 is 2.50 bits per heavy atom. The number of amides is 1. The minimum Gasteiger partial charge on any atom is -0.444 e. The average Bonchev–Trinajstić information content (AvgIpc) is 2.69. The van der Waals surface area contributed by atoms with Gasteiger partial charge in [-0.2, -0.15) is 10.4 Å². The molecule has 0 spiro atoms. The molecule has 1 heterocycles. The molecule has 134 valence electrons. The van der Waals surface area contributed by atoms with Crippen molar-refractivity contribution < 1.29 is 14.3 Å².